The Morgan fingerprint density at radius 2 is 2.32 bits per heavy atom. The van der Waals surface area contributed by atoms with Crippen LogP contribution in [0.3, 0.4) is 0 Å². The standard InChI is InChI=1S/C14H17N3O2/c1-17(8-5-12-3-2-6-15-12)14(19)11-4-7-16-13(9-11)10-18/h2-4,6-7,9,15,18H,5,8,10H2,1H3. The van der Waals surface area contributed by atoms with Gasteiger partial charge in [-0.15, -0.1) is 0 Å². The monoisotopic (exact) mass is 259 g/mol. The maximum Gasteiger partial charge on any atom is 0.253 e. The van der Waals surface area contributed by atoms with Crippen molar-refractivity contribution in [3.8, 4) is 0 Å². The normalized spacial score (nSPS) is 10.4. The Morgan fingerprint density at radius 3 is 3.00 bits per heavy atom. The van der Waals surface area contributed by atoms with E-state index < -0.39 is 0 Å². The van der Waals surface area contributed by atoms with Crippen LogP contribution in [0.4, 0.5) is 0 Å². The summed E-state index contributed by atoms with van der Waals surface area (Å²) in [7, 11) is 1.77. The quantitative estimate of drug-likeness (QED) is 0.848. The first kappa shape index (κ1) is 13.3. The second-order valence-corrected chi connectivity index (χ2v) is 4.37. The van der Waals surface area contributed by atoms with Crippen LogP contribution in [0.1, 0.15) is 21.7 Å². The largest absolute Gasteiger partial charge is 0.390 e. The molecule has 0 aromatic carbocycles. The van der Waals surface area contributed by atoms with Gasteiger partial charge in [0.1, 0.15) is 0 Å². The van der Waals surface area contributed by atoms with Crippen LogP contribution in [0.2, 0.25) is 0 Å². The number of likely N-dealkylation sites (N-methyl/N-ethyl adjacent to an activating group) is 1. The number of pyridine rings is 1. The molecule has 0 atom stereocenters. The van der Waals surface area contributed by atoms with Crippen molar-refractivity contribution in [1.29, 1.82) is 0 Å². The Hall–Kier alpha value is -2.14. The Labute approximate surface area is 111 Å². The van der Waals surface area contributed by atoms with Gasteiger partial charge in [0.2, 0.25) is 0 Å². The summed E-state index contributed by atoms with van der Waals surface area (Å²) in [6, 6.07) is 7.21. The lowest BCUT2D eigenvalue weighted by molar-refractivity contribution is 0.0796. The molecule has 0 saturated heterocycles. The van der Waals surface area contributed by atoms with Crippen molar-refractivity contribution in [1.82, 2.24) is 14.9 Å². The molecule has 5 heteroatoms. The number of H-pyrrole nitrogens is 1. The first-order valence-electron chi connectivity index (χ1n) is 6.14. The number of hydrogen-bond acceptors (Lipinski definition) is 3. The van der Waals surface area contributed by atoms with Gasteiger partial charge in [0.05, 0.1) is 12.3 Å². The summed E-state index contributed by atoms with van der Waals surface area (Å²) in [5.74, 6) is -0.0661. The molecular weight excluding hydrogens is 242 g/mol. The average Bonchev–Trinajstić information content (AvgIpc) is 2.97. The molecule has 2 aromatic rings. The Kier molecular flexibility index (Phi) is 4.30. The van der Waals surface area contributed by atoms with E-state index in [9.17, 15) is 4.79 Å². The fourth-order valence-corrected chi connectivity index (χ4v) is 1.83. The minimum Gasteiger partial charge on any atom is -0.390 e. The Bertz CT molecular complexity index is 537. The predicted octanol–water partition coefficient (Wildman–Crippen LogP) is 1.22. The zero-order chi connectivity index (χ0) is 13.7. The van der Waals surface area contributed by atoms with Crippen LogP contribution in [-0.4, -0.2) is 39.5 Å². The van der Waals surface area contributed by atoms with E-state index in [0.717, 1.165) is 12.1 Å². The third kappa shape index (κ3) is 3.42. The molecule has 0 bridgehead atoms. The lowest BCUT2D eigenvalue weighted by Crippen LogP contribution is -2.29. The number of rotatable bonds is 5. The fraction of sp³-hybridized carbons (Fsp3) is 0.286. The molecule has 0 saturated carbocycles. The first-order valence-corrected chi connectivity index (χ1v) is 6.14. The highest BCUT2D eigenvalue weighted by Crippen LogP contribution is 2.06. The number of aromatic amines is 1. The molecule has 2 rings (SSSR count). The zero-order valence-corrected chi connectivity index (χ0v) is 10.8. The van der Waals surface area contributed by atoms with Gasteiger partial charge >= 0.3 is 0 Å². The van der Waals surface area contributed by atoms with E-state index in [2.05, 4.69) is 9.97 Å². The van der Waals surface area contributed by atoms with Crippen LogP contribution in [-0.2, 0) is 13.0 Å². The number of carbonyl (C=O) groups is 1. The molecule has 5 nitrogen and oxygen atoms in total. The number of hydrogen-bond donors (Lipinski definition) is 2. The van der Waals surface area contributed by atoms with Crippen LogP contribution in [0.15, 0.2) is 36.7 Å². The third-order valence-electron chi connectivity index (χ3n) is 2.95. The van der Waals surface area contributed by atoms with E-state index in [0.29, 0.717) is 17.8 Å². The summed E-state index contributed by atoms with van der Waals surface area (Å²) in [5.41, 5.74) is 2.15. The maximum atomic E-state index is 12.2. The number of aliphatic hydroxyl groups excluding tert-OH is 1. The number of aliphatic hydroxyl groups is 1. The van der Waals surface area contributed by atoms with E-state index >= 15 is 0 Å². The summed E-state index contributed by atoms with van der Waals surface area (Å²) in [5, 5.41) is 9.02. The summed E-state index contributed by atoms with van der Waals surface area (Å²) in [6.45, 7) is 0.476. The van der Waals surface area contributed by atoms with Crippen molar-refractivity contribution in [2.75, 3.05) is 13.6 Å². The number of amides is 1. The zero-order valence-electron chi connectivity index (χ0n) is 10.8. The molecule has 0 aliphatic rings. The minimum absolute atomic E-state index is 0.0661. The molecule has 0 radical (unpaired) electrons. The van der Waals surface area contributed by atoms with Crippen molar-refractivity contribution < 1.29 is 9.90 Å². The van der Waals surface area contributed by atoms with Crippen molar-refractivity contribution in [2.45, 2.75) is 13.0 Å². The second kappa shape index (κ2) is 6.15. The maximum absolute atomic E-state index is 12.2. The SMILES string of the molecule is CN(CCc1ccc[nH]1)C(=O)c1ccnc(CO)c1. The van der Waals surface area contributed by atoms with Gasteiger partial charge < -0.3 is 15.0 Å². The van der Waals surface area contributed by atoms with Crippen molar-refractivity contribution in [3.63, 3.8) is 0 Å². The van der Waals surface area contributed by atoms with Crippen LogP contribution >= 0.6 is 0 Å². The minimum atomic E-state index is -0.159. The summed E-state index contributed by atoms with van der Waals surface area (Å²) >= 11 is 0. The highest BCUT2D eigenvalue weighted by Gasteiger charge is 2.12. The molecule has 0 fully saturated rings. The van der Waals surface area contributed by atoms with Gasteiger partial charge in [0, 0.05) is 43.7 Å². The van der Waals surface area contributed by atoms with Crippen molar-refractivity contribution in [2.24, 2.45) is 0 Å². The smallest absolute Gasteiger partial charge is 0.253 e. The van der Waals surface area contributed by atoms with E-state index in [-0.39, 0.29) is 12.5 Å². The molecule has 1 amide bonds. The van der Waals surface area contributed by atoms with Gasteiger partial charge in [0.15, 0.2) is 0 Å². The summed E-state index contributed by atoms with van der Waals surface area (Å²) < 4.78 is 0. The van der Waals surface area contributed by atoms with E-state index in [1.54, 1.807) is 24.1 Å². The van der Waals surface area contributed by atoms with Gasteiger partial charge in [0.25, 0.3) is 5.91 Å². The molecule has 2 heterocycles. The van der Waals surface area contributed by atoms with Gasteiger partial charge in [-0.3, -0.25) is 9.78 Å². The Balaban J connectivity index is 1.97. The topological polar surface area (TPSA) is 69.2 Å². The van der Waals surface area contributed by atoms with Gasteiger partial charge in [-0.1, -0.05) is 0 Å². The number of nitrogens with zero attached hydrogens (tertiary/aromatic N) is 2. The molecule has 100 valence electrons. The highest BCUT2D eigenvalue weighted by atomic mass is 16.3. The first-order chi connectivity index (χ1) is 9.20. The fourth-order valence-electron chi connectivity index (χ4n) is 1.83. The number of nitrogens with one attached hydrogen (secondary N) is 1. The van der Waals surface area contributed by atoms with Crippen LogP contribution in [0.25, 0.3) is 0 Å². The van der Waals surface area contributed by atoms with Crippen LogP contribution in [0, 0.1) is 0 Å². The van der Waals surface area contributed by atoms with Crippen LogP contribution in [0.5, 0.6) is 0 Å². The molecule has 0 aliphatic heterocycles. The van der Waals surface area contributed by atoms with E-state index in [4.69, 9.17) is 5.11 Å². The average molecular weight is 259 g/mol. The van der Waals surface area contributed by atoms with Crippen molar-refractivity contribution in [3.05, 3.63) is 53.6 Å². The molecule has 19 heavy (non-hydrogen) atoms. The van der Waals surface area contributed by atoms with Crippen molar-refractivity contribution >= 4 is 5.91 Å². The molecule has 0 aliphatic carbocycles. The molecule has 0 unspecified atom stereocenters. The summed E-state index contributed by atoms with van der Waals surface area (Å²) in [6.07, 6.45) is 4.19. The molecule has 2 aromatic heterocycles. The Morgan fingerprint density at radius 1 is 1.47 bits per heavy atom. The van der Waals surface area contributed by atoms with Gasteiger partial charge in [-0.05, 0) is 24.3 Å². The molecule has 2 N–H and O–H groups in total. The van der Waals surface area contributed by atoms with E-state index in [1.165, 1.54) is 6.20 Å². The molecule has 0 spiro atoms. The molecular formula is C14H17N3O2. The van der Waals surface area contributed by atoms with Crippen LogP contribution < -0.4 is 0 Å². The highest BCUT2D eigenvalue weighted by molar-refractivity contribution is 5.94. The predicted molar refractivity (Wildman–Crippen MR) is 71.6 cm³/mol. The number of carbonyl (C=O) groups excluding carboxylic acids is 1. The second-order valence-electron chi connectivity index (χ2n) is 4.37. The van der Waals surface area contributed by atoms with Gasteiger partial charge in [-0.25, -0.2) is 0 Å². The lowest BCUT2D eigenvalue weighted by Gasteiger charge is -2.17. The van der Waals surface area contributed by atoms with Gasteiger partial charge in [-0.2, -0.15) is 0 Å². The summed E-state index contributed by atoms with van der Waals surface area (Å²) in [4.78, 5) is 20.9. The van der Waals surface area contributed by atoms with E-state index in [1.807, 2.05) is 18.3 Å². The lowest BCUT2D eigenvalue weighted by atomic mass is 10.2. The third-order valence-corrected chi connectivity index (χ3v) is 2.95. The number of aromatic nitrogens is 2.